The minimum Gasteiger partial charge on any atom is -0.326 e. The van der Waals surface area contributed by atoms with Crippen LogP contribution in [0.5, 0.6) is 0 Å². The van der Waals surface area contributed by atoms with Crippen LogP contribution in [0.25, 0.3) is 0 Å². The molecule has 4 aromatic carbocycles. The Morgan fingerprint density at radius 1 is 0.778 bits per heavy atom. The van der Waals surface area contributed by atoms with Crippen LogP contribution in [0.4, 0.5) is 17.1 Å². The lowest BCUT2D eigenvalue weighted by Gasteiger charge is -2.25. The molecule has 0 spiro atoms. The first-order valence-corrected chi connectivity index (χ1v) is 13.2. The molecule has 1 heterocycles. The van der Waals surface area contributed by atoms with E-state index < -0.39 is 0 Å². The van der Waals surface area contributed by atoms with Gasteiger partial charge in [0.2, 0.25) is 11.8 Å². The molecule has 6 heteroatoms. The first kappa shape index (κ1) is 24.2. The van der Waals surface area contributed by atoms with Crippen molar-refractivity contribution in [3.63, 3.8) is 0 Å². The van der Waals surface area contributed by atoms with Crippen molar-refractivity contribution in [1.82, 2.24) is 0 Å². The molecule has 1 aliphatic rings. The summed E-state index contributed by atoms with van der Waals surface area (Å²) in [5, 5.41) is 3.57. The lowest BCUT2D eigenvalue weighted by atomic mass is 10.0. The predicted octanol–water partition coefficient (Wildman–Crippen LogP) is 7.08. The number of halogens is 1. The number of carbonyl (C=O) groups is 2. The summed E-state index contributed by atoms with van der Waals surface area (Å²) in [6.45, 7) is 0. The Morgan fingerprint density at radius 2 is 1.36 bits per heavy atom. The molecule has 0 bridgehead atoms. The van der Waals surface area contributed by atoms with Crippen LogP contribution in [-0.4, -0.2) is 17.6 Å². The van der Waals surface area contributed by atoms with Gasteiger partial charge in [-0.25, -0.2) is 0 Å². The maximum atomic E-state index is 13.5. The average Bonchev–Trinajstić information content (AvgIpc) is 3.06. The zero-order valence-corrected chi connectivity index (χ0v) is 21.2. The average molecular weight is 513 g/mol. The number of thioether (sulfide) groups is 1. The third-order valence-corrected chi connectivity index (χ3v) is 7.41. The van der Waals surface area contributed by atoms with E-state index in [9.17, 15) is 9.59 Å². The van der Waals surface area contributed by atoms with Gasteiger partial charge in [-0.05, 0) is 78.1 Å². The van der Waals surface area contributed by atoms with E-state index in [-0.39, 0.29) is 18.2 Å². The normalized spacial score (nSPS) is 12.3. The Kier molecular flexibility index (Phi) is 7.40. The number of para-hydroxylation sites is 2. The highest BCUT2D eigenvalue weighted by atomic mass is 35.5. The first-order valence-electron chi connectivity index (χ1n) is 11.8. The Bertz CT molecular complexity index is 1340. The summed E-state index contributed by atoms with van der Waals surface area (Å²) in [6.07, 6.45) is 2.10. The van der Waals surface area contributed by atoms with Gasteiger partial charge in [-0.15, -0.1) is 11.8 Å². The number of anilines is 3. The van der Waals surface area contributed by atoms with Gasteiger partial charge in [0.15, 0.2) is 0 Å². The molecule has 4 nitrogen and oxygen atoms in total. The highest BCUT2D eigenvalue weighted by molar-refractivity contribution is 8.00. The Balaban J connectivity index is 1.24. The lowest BCUT2D eigenvalue weighted by molar-refractivity contribution is -0.116. The van der Waals surface area contributed by atoms with Crippen molar-refractivity contribution in [3.8, 4) is 0 Å². The number of benzene rings is 4. The highest BCUT2D eigenvalue weighted by Gasteiger charge is 2.25. The molecule has 1 aliphatic heterocycles. The van der Waals surface area contributed by atoms with E-state index in [2.05, 4.69) is 17.4 Å². The maximum absolute atomic E-state index is 13.5. The Labute approximate surface area is 220 Å². The maximum Gasteiger partial charge on any atom is 0.241 e. The summed E-state index contributed by atoms with van der Waals surface area (Å²) >= 11 is 7.40. The lowest BCUT2D eigenvalue weighted by Crippen LogP contribution is -2.28. The number of carbonyl (C=O) groups excluding carboxylic acids is 2. The van der Waals surface area contributed by atoms with Gasteiger partial charge in [-0.2, -0.15) is 0 Å². The van der Waals surface area contributed by atoms with Crippen molar-refractivity contribution in [1.29, 1.82) is 0 Å². The molecule has 180 valence electrons. The van der Waals surface area contributed by atoms with Crippen LogP contribution in [0.2, 0.25) is 5.02 Å². The fourth-order valence-corrected chi connectivity index (χ4v) is 5.26. The van der Waals surface area contributed by atoms with Crippen molar-refractivity contribution >= 4 is 52.2 Å². The van der Waals surface area contributed by atoms with Gasteiger partial charge >= 0.3 is 0 Å². The number of aryl methyl sites for hydroxylation is 2. The van der Waals surface area contributed by atoms with E-state index in [1.54, 1.807) is 12.1 Å². The summed E-state index contributed by atoms with van der Waals surface area (Å²) in [4.78, 5) is 28.7. The Morgan fingerprint density at radius 3 is 1.97 bits per heavy atom. The van der Waals surface area contributed by atoms with Gasteiger partial charge in [0.1, 0.15) is 0 Å². The molecule has 0 unspecified atom stereocenters. The quantitative estimate of drug-likeness (QED) is 0.281. The Hall–Kier alpha value is -3.54. The molecule has 2 amide bonds. The second-order valence-electron chi connectivity index (χ2n) is 8.65. The highest BCUT2D eigenvalue weighted by Crippen LogP contribution is 2.36. The minimum atomic E-state index is -0.0913. The third-order valence-electron chi connectivity index (χ3n) is 6.16. The number of hydrogen-bond donors (Lipinski definition) is 1. The number of hydrogen-bond acceptors (Lipinski definition) is 3. The summed E-state index contributed by atoms with van der Waals surface area (Å²) in [6, 6.07) is 31.1. The van der Waals surface area contributed by atoms with E-state index in [1.165, 1.54) is 22.9 Å². The van der Waals surface area contributed by atoms with Gasteiger partial charge < -0.3 is 5.32 Å². The van der Waals surface area contributed by atoms with Crippen molar-refractivity contribution < 1.29 is 9.59 Å². The van der Waals surface area contributed by atoms with Gasteiger partial charge in [0.25, 0.3) is 0 Å². The van der Waals surface area contributed by atoms with E-state index in [0.717, 1.165) is 40.4 Å². The molecule has 0 fully saturated rings. The monoisotopic (exact) mass is 512 g/mol. The molecule has 1 N–H and O–H groups in total. The second kappa shape index (κ2) is 11.0. The van der Waals surface area contributed by atoms with Gasteiger partial charge in [-0.3, -0.25) is 14.5 Å². The standard InChI is InChI=1S/C30H25ClN2O2S/c31-24-13-9-21(10-14-24)19-29(34)32-25-15-17-26(18-16-25)36-20-30(35)33-27-7-3-1-5-22(27)11-12-23-6-2-4-8-28(23)33/h1-10,13-18H,11-12,19-20H2,(H,32,34). The topological polar surface area (TPSA) is 49.4 Å². The molecule has 4 aromatic rings. The van der Waals surface area contributed by atoms with Crippen LogP contribution in [0.3, 0.4) is 0 Å². The van der Waals surface area contributed by atoms with Crippen LogP contribution in [-0.2, 0) is 28.9 Å². The summed E-state index contributed by atoms with van der Waals surface area (Å²) < 4.78 is 0. The fraction of sp³-hybridized carbons (Fsp3) is 0.133. The SMILES string of the molecule is O=C(Cc1ccc(Cl)cc1)Nc1ccc(SCC(=O)N2c3ccccc3CCc3ccccc32)cc1. The van der Waals surface area contributed by atoms with Crippen molar-refractivity contribution in [3.05, 3.63) is 119 Å². The van der Waals surface area contributed by atoms with Gasteiger partial charge in [-0.1, -0.05) is 60.1 Å². The summed E-state index contributed by atoms with van der Waals surface area (Å²) in [5.74, 6) is 0.263. The molecule has 36 heavy (non-hydrogen) atoms. The number of fused-ring (bicyclic) bond motifs is 2. The molecule has 0 aliphatic carbocycles. The molecule has 0 saturated carbocycles. The van der Waals surface area contributed by atoms with Crippen LogP contribution in [0.15, 0.2) is 102 Å². The van der Waals surface area contributed by atoms with Gasteiger partial charge in [0, 0.05) is 15.6 Å². The van der Waals surface area contributed by atoms with E-state index in [4.69, 9.17) is 11.6 Å². The minimum absolute atomic E-state index is 0.0437. The van der Waals surface area contributed by atoms with Crippen molar-refractivity contribution in [2.75, 3.05) is 16.0 Å². The number of nitrogens with zero attached hydrogens (tertiary/aromatic N) is 1. The number of rotatable bonds is 6. The first-order chi connectivity index (χ1) is 17.6. The van der Waals surface area contributed by atoms with Crippen LogP contribution in [0.1, 0.15) is 16.7 Å². The molecule has 0 atom stereocenters. The van der Waals surface area contributed by atoms with E-state index >= 15 is 0 Å². The second-order valence-corrected chi connectivity index (χ2v) is 10.1. The number of nitrogens with one attached hydrogen (secondary N) is 1. The molecule has 0 saturated heterocycles. The molecule has 0 aromatic heterocycles. The van der Waals surface area contributed by atoms with Crippen LogP contribution < -0.4 is 10.2 Å². The molecule has 5 rings (SSSR count). The summed E-state index contributed by atoms with van der Waals surface area (Å²) in [5.41, 5.74) is 5.93. The van der Waals surface area contributed by atoms with Crippen LogP contribution in [0, 0.1) is 0 Å². The number of amides is 2. The van der Waals surface area contributed by atoms with Crippen LogP contribution >= 0.6 is 23.4 Å². The fourth-order valence-electron chi connectivity index (χ4n) is 4.39. The predicted molar refractivity (Wildman–Crippen MR) is 148 cm³/mol. The third kappa shape index (κ3) is 5.64. The van der Waals surface area contributed by atoms with Gasteiger partial charge in [0.05, 0.1) is 23.5 Å². The largest absolute Gasteiger partial charge is 0.326 e. The molecular weight excluding hydrogens is 488 g/mol. The molecule has 0 radical (unpaired) electrons. The zero-order valence-electron chi connectivity index (χ0n) is 19.6. The smallest absolute Gasteiger partial charge is 0.241 e. The van der Waals surface area contributed by atoms with E-state index in [1.807, 2.05) is 77.7 Å². The van der Waals surface area contributed by atoms with Crippen molar-refractivity contribution in [2.24, 2.45) is 0 Å². The zero-order chi connectivity index (χ0) is 24.9. The van der Waals surface area contributed by atoms with E-state index in [0.29, 0.717) is 10.8 Å². The van der Waals surface area contributed by atoms with Crippen molar-refractivity contribution in [2.45, 2.75) is 24.2 Å². The summed E-state index contributed by atoms with van der Waals surface area (Å²) in [7, 11) is 0. The molecular formula is C30H25ClN2O2S.